The van der Waals surface area contributed by atoms with Crippen molar-refractivity contribution in [2.24, 2.45) is 5.84 Å². The molecule has 0 saturated heterocycles. The number of aromatic amines is 1. The van der Waals surface area contributed by atoms with Crippen LogP contribution >= 0.6 is 11.3 Å². The van der Waals surface area contributed by atoms with Crippen LogP contribution in [0.1, 0.15) is 16.3 Å². The highest BCUT2D eigenvalue weighted by atomic mass is 32.1. The number of aryl methyl sites for hydroxylation is 3. The maximum Gasteiger partial charge on any atom is 0.152 e. The van der Waals surface area contributed by atoms with E-state index in [-0.39, 0.29) is 0 Å². The number of rotatable bonds is 2. The number of nitrogens with zero attached hydrogens (tertiary/aromatic N) is 2. The lowest BCUT2D eigenvalue weighted by atomic mass is 9.99. The van der Waals surface area contributed by atoms with E-state index in [0.717, 1.165) is 33.2 Å². The van der Waals surface area contributed by atoms with Crippen molar-refractivity contribution in [1.29, 1.82) is 0 Å². The number of aromatic nitrogens is 3. The van der Waals surface area contributed by atoms with Gasteiger partial charge in [-0.25, -0.2) is 10.8 Å². The molecule has 0 radical (unpaired) electrons. The Balaban J connectivity index is 2.23. The number of nitrogens with one attached hydrogen (secondary N) is 2. The maximum atomic E-state index is 5.70. The summed E-state index contributed by atoms with van der Waals surface area (Å²) in [6, 6.07) is 6.33. The van der Waals surface area contributed by atoms with Crippen molar-refractivity contribution >= 4 is 39.0 Å². The van der Waals surface area contributed by atoms with Crippen LogP contribution in [-0.2, 0) is 0 Å². The van der Waals surface area contributed by atoms with E-state index in [2.05, 4.69) is 46.4 Å². The Bertz CT molecular complexity index is 1040. The summed E-state index contributed by atoms with van der Waals surface area (Å²) in [4.78, 5) is 15.0. The minimum absolute atomic E-state index is 0.672. The predicted molar refractivity (Wildman–Crippen MR) is 96.7 cm³/mol. The molecule has 0 bridgehead atoms. The summed E-state index contributed by atoms with van der Waals surface area (Å²) in [6.07, 6.45) is 1.84. The van der Waals surface area contributed by atoms with Gasteiger partial charge in [0.05, 0.1) is 16.4 Å². The van der Waals surface area contributed by atoms with Gasteiger partial charge in [-0.2, -0.15) is 0 Å². The summed E-state index contributed by atoms with van der Waals surface area (Å²) in [6.45, 7) is 6.18. The van der Waals surface area contributed by atoms with Crippen LogP contribution < -0.4 is 11.3 Å². The molecule has 4 aromatic rings. The van der Waals surface area contributed by atoms with E-state index in [1.54, 1.807) is 11.3 Å². The maximum absolute atomic E-state index is 5.70. The summed E-state index contributed by atoms with van der Waals surface area (Å²) >= 11 is 1.79. The van der Waals surface area contributed by atoms with Crippen molar-refractivity contribution in [3.8, 4) is 10.4 Å². The standard InChI is InChI=1S/C17H17N5S/c1-8-4-5-12(23-8)13-9(2)15-14(11-6-7-19-16(11)13)17(22-18)21-10(3)20-15/h4-7,22H,18H2,1-3H3,(H,20,21). The number of nitrogens with two attached hydrogens (primary N) is 1. The monoisotopic (exact) mass is 323 g/mol. The van der Waals surface area contributed by atoms with E-state index in [9.17, 15) is 0 Å². The number of hydrogen-bond acceptors (Lipinski definition) is 5. The van der Waals surface area contributed by atoms with Crippen LogP contribution in [0.3, 0.4) is 0 Å². The number of H-pyrrole nitrogens is 1. The minimum atomic E-state index is 0.672. The third-order valence-electron chi connectivity index (χ3n) is 4.15. The minimum Gasteiger partial charge on any atom is -0.343 e. The third-order valence-corrected chi connectivity index (χ3v) is 5.17. The Morgan fingerprint density at radius 2 is 2.00 bits per heavy atom. The lowest BCUT2D eigenvalue weighted by Gasteiger charge is -2.14. The molecule has 0 aliphatic rings. The average molecular weight is 323 g/mol. The van der Waals surface area contributed by atoms with Crippen LogP contribution in [0.15, 0.2) is 24.4 Å². The predicted octanol–water partition coefficient (Wildman–Crippen LogP) is 4.05. The molecule has 1 aromatic carbocycles. The summed E-state index contributed by atoms with van der Waals surface area (Å²) in [5, 5.41) is 2.04. The Kier molecular flexibility index (Phi) is 3.11. The molecule has 4 rings (SSSR count). The molecule has 5 nitrogen and oxygen atoms in total. The fraction of sp³-hybridized carbons (Fsp3) is 0.176. The van der Waals surface area contributed by atoms with E-state index in [0.29, 0.717) is 5.82 Å². The van der Waals surface area contributed by atoms with Crippen molar-refractivity contribution in [3.63, 3.8) is 0 Å². The zero-order valence-corrected chi connectivity index (χ0v) is 14.0. The van der Waals surface area contributed by atoms with Gasteiger partial charge < -0.3 is 10.4 Å². The lowest BCUT2D eigenvalue weighted by Crippen LogP contribution is -2.11. The van der Waals surface area contributed by atoms with E-state index >= 15 is 0 Å². The Morgan fingerprint density at radius 3 is 2.70 bits per heavy atom. The van der Waals surface area contributed by atoms with Crippen molar-refractivity contribution in [2.45, 2.75) is 20.8 Å². The first-order valence-corrected chi connectivity index (χ1v) is 8.23. The van der Waals surface area contributed by atoms with Gasteiger partial charge in [0.15, 0.2) is 5.82 Å². The Morgan fingerprint density at radius 1 is 1.17 bits per heavy atom. The van der Waals surface area contributed by atoms with E-state index in [1.165, 1.54) is 15.3 Å². The molecule has 116 valence electrons. The number of thiophene rings is 1. The van der Waals surface area contributed by atoms with Crippen LogP contribution in [0, 0.1) is 20.8 Å². The van der Waals surface area contributed by atoms with E-state index in [4.69, 9.17) is 5.84 Å². The molecule has 0 atom stereocenters. The molecule has 6 heteroatoms. The largest absolute Gasteiger partial charge is 0.343 e. The summed E-state index contributed by atoms with van der Waals surface area (Å²) in [5.74, 6) is 7.20. The van der Waals surface area contributed by atoms with Crippen LogP contribution in [-0.4, -0.2) is 15.0 Å². The normalized spacial score (nSPS) is 11.5. The SMILES string of the molecule is Cc1nc(NN)c2c([nH]1)c(C)c(-c1ccc(C)s1)c1nccc12. The molecule has 0 unspecified atom stereocenters. The average Bonchev–Trinajstić information content (AvgIpc) is 3.16. The van der Waals surface area contributed by atoms with Gasteiger partial charge in [-0.15, -0.1) is 11.3 Å². The van der Waals surface area contributed by atoms with Gasteiger partial charge in [-0.1, -0.05) is 0 Å². The Hall–Kier alpha value is -2.44. The molecule has 3 aromatic heterocycles. The highest BCUT2D eigenvalue weighted by Crippen LogP contribution is 2.41. The van der Waals surface area contributed by atoms with Gasteiger partial charge in [0.1, 0.15) is 5.82 Å². The zero-order valence-electron chi connectivity index (χ0n) is 13.2. The summed E-state index contributed by atoms with van der Waals surface area (Å²) in [5.41, 5.74) is 7.11. The Labute approximate surface area is 137 Å². The van der Waals surface area contributed by atoms with Crippen molar-refractivity contribution in [2.75, 3.05) is 5.43 Å². The molecule has 0 spiro atoms. The van der Waals surface area contributed by atoms with Crippen LogP contribution in [0.25, 0.3) is 32.2 Å². The molecular formula is C17H17N5S. The molecular weight excluding hydrogens is 306 g/mol. The molecule has 0 fully saturated rings. The number of nitrogen functional groups attached to an aromatic ring is 1. The third kappa shape index (κ3) is 2.03. The first-order valence-electron chi connectivity index (χ1n) is 7.41. The second-order valence-corrected chi connectivity index (χ2v) is 6.97. The fourth-order valence-corrected chi connectivity index (χ4v) is 4.14. The molecule has 4 N–H and O–H groups in total. The number of benzene rings is 1. The molecule has 23 heavy (non-hydrogen) atoms. The second-order valence-electron chi connectivity index (χ2n) is 5.68. The van der Waals surface area contributed by atoms with Crippen LogP contribution in [0.4, 0.5) is 5.82 Å². The van der Waals surface area contributed by atoms with Crippen molar-refractivity contribution < 1.29 is 0 Å². The molecule has 0 amide bonds. The quantitative estimate of drug-likeness (QED) is 0.384. The number of anilines is 1. The van der Waals surface area contributed by atoms with Crippen molar-refractivity contribution in [3.05, 3.63) is 40.7 Å². The van der Waals surface area contributed by atoms with Gasteiger partial charge >= 0.3 is 0 Å². The van der Waals surface area contributed by atoms with Gasteiger partial charge in [-0.3, -0.25) is 4.98 Å². The van der Waals surface area contributed by atoms with Crippen LogP contribution in [0.5, 0.6) is 0 Å². The first-order chi connectivity index (χ1) is 11.1. The molecule has 0 aliphatic heterocycles. The van der Waals surface area contributed by atoms with Crippen LogP contribution in [0.2, 0.25) is 0 Å². The van der Waals surface area contributed by atoms with Gasteiger partial charge in [0.2, 0.25) is 0 Å². The van der Waals surface area contributed by atoms with Gasteiger partial charge in [-0.05, 0) is 44.5 Å². The number of hydrazine groups is 1. The number of fused-ring (bicyclic) bond motifs is 3. The van der Waals surface area contributed by atoms with E-state index < -0.39 is 0 Å². The van der Waals surface area contributed by atoms with Crippen molar-refractivity contribution in [1.82, 2.24) is 15.0 Å². The lowest BCUT2D eigenvalue weighted by molar-refractivity contribution is 1.08. The first kappa shape index (κ1) is 14.2. The zero-order chi connectivity index (χ0) is 16.1. The number of hydrogen-bond donors (Lipinski definition) is 3. The topological polar surface area (TPSA) is 79.6 Å². The summed E-state index contributed by atoms with van der Waals surface area (Å²) < 4.78 is 0. The highest BCUT2D eigenvalue weighted by molar-refractivity contribution is 7.15. The summed E-state index contributed by atoms with van der Waals surface area (Å²) in [7, 11) is 0. The fourth-order valence-electron chi connectivity index (χ4n) is 3.17. The smallest absolute Gasteiger partial charge is 0.152 e. The molecule has 0 aliphatic carbocycles. The molecule has 0 saturated carbocycles. The van der Waals surface area contributed by atoms with E-state index in [1.807, 2.05) is 19.2 Å². The van der Waals surface area contributed by atoms with Gasteiger partial charge in [0, 0.05) is 26.9 Å². The second kappa shape index (κ2) is 5.04. The molecule has 3 heterocycles. The highest BCUT2D eigenvalue weighted by Gasteiger charge is 2.19. The van der Waals surface area contributed by atoms with Gasteiger partial charge in [0.25, 0.3) is 0 Å².